The summed E-state index contributed by atoms with van der Waals surface area (Å²) in [5.74, 6) is -0.521. The number of benzene rings is 2. The summed E-state index contributed by atoms with van der Waals surface area (Å²) in [7, 11) is 1.26. The second-order valence-electron chi connectivity index (χ2n) is 5.50. The highest BCUT2D eigenvalue weighted by Crippen LogP contribution is 2.28. The molecular weight excluding hydrogens is 468 g/mol. The summed E-state index contributed by atoms with van der Waals surface area (Å²) >= 11 is 10.3. The monoisotopic (exact) mass is 480 g/mol. The fourth-order valence-corrected chi connectivity index (χ4v) is 3.42. The Morgan fingerprint density at radius 3 is 2.54 bits per heavy atom. The Morgan fingerprint density at radius 1 is 1.21 bits per heavy atom. The molecule has 1 N–H and O–H groups in total. The predicted octanol–water partition coefficient (Wildman–Crippen LogP) is 4.46. The van der Waals surface area contributed by atoms with E-state index in [1.54, 1.807) is 48.5 Å². The van der Waals surface area contributed by atoms with E-state index in [0.29, 0.717) is 26.5 Å². The maximum absolute atomic E-state index is 12.3. The summed E-state index contributed by atoms with van der Waals surface area (Å²) in [5.41, 5.74) is 0.643. The number of thioether (sulfide) groups is 1. The number of hydrogen-bond donors (Lipinski definition) is 1. The van der Waals surface area contributed by atoms with Crippen molar-refractivity contribution in [1.29, 1.82) is 0 Å². The molecule has 0 aliphatic carbocycles. The van der Waals surface area contributed by atoms with Crippen LogP contribution in [0.2, 0.25) is 5.02 Å². The Labute approximate surface area is 179 Å². The van der Waals surface area contributed by atoms with Crippen LogP contribution in [0.3, 0.4) is 0 Å². The van der Waals surface area contributed by atoms with Gasteiger partial charge in [0.05, 0.1) is 17.7 Å². The fraction of sp³-hybridized carbons (Fsp3) is 0.105. The summed E-state index contributed by atoms with van der Waals surface area (Å²) in [6.45, 7) is 0. The van der Waals surface area contributed by atoms with Gasteiger partial charge in [-0.25, -0.2) is 9.79 Å². The quantitative estimate of drug-likeness (QED) is 0.504. The topological polar surface area (TPSA) is 77.0 Å². The number of aliphatic imine (C=N–C) groups is 1. The first kappa shape index (κ1) is 20.4. The minimum absolute atomic E-state index is 0.292. The Kier molecular flexibility index (Phi) is 6.77. The van der Waals surface area contributed by atoms with Gasteiger partial charge in [-0.1, -0.05) is 27.5 Å². The number of amidine groups is 1. The molecule has 0 saturated carbocycles. The van der Waals surface area contributed by atoms with Gasteiger partial charge < -0.3 is 14.8 Å². The number of nitrogens with one attached hydrogen (secondary N) is 1. The molecule has 3 rings (SSSR count). The van der Waals surface area contributed by atoms with E-state index in [4.69, 9.17) is 21.1 Å². The molecule has 28 heavy (non-hydrogen) atoms. The summed E-state index contributed by atoms with van der Waals surface area (Å²) < 4.78 is 11.3. The lowest BCUT2D eigenvalue weighted by Gasteiger charge is -2.14. The van der Waals surface area contributed by atoms with Gasteiger partial charge in [0.15, 0.2) is 5.17 Å². The number of nitrogens with zero attached hydrogens (tertiary/aromatic N) is 1. The van der Waals surface area contributed by atoms with E-state index in [-0.39, 0.29) is 5.91 Å². The third-order valence-corrected chi connectivity index (χ3v) is 5.23. The minimum Gasteiger partial charge on any atom is -0.475 e. The normalized spacial score (nSPS) is 17.5. The maximum Gasteiger partial charge on any atom is 0.351 e. The highest BCUT2D eigenvalue weighted by atomic mass is 79.9. The molecule has 1 unspecified atom stereocenters. The maximum atomic E-state index is 12.3. The van der Waals surface area contributed by atoms with Crippen molar-refractivity contribution in [3.63, 3.8) is 0 Å². The number of carbonyl (C=O) groups excluding carboxylic acids is 2. The molecule has 0 aromatic heterocycles. The third kappa shape index (κ3) is 5.37. The van der Waals surface area contributed by atoms with Gasteiger partial charge in [0.25, 0.3) is 5.91 Å². The van der Waals surface area contributed by atoms with E-state index in [0.717, 1.165) is 16.2 Å². The smallest absolute Gasteiger partial charge is 0.351 e. The second kappa shape index (κ2) is 9.27. The molecule has 1 fully saturated rings. The summed E-state index contributed by atoms with van der Waals surface area (Å²) in [5, 5.41) is 3.65. The van der Waals surface area contributed by atoms with Crippen molar-refractivity contribution >= 4 is 62.0 Å². The molecule has 1 aliphatic rings. The molecule has 9 heteroatoms. The summed E-state index contributed by atoms with van der Waals surface area (Å²) in [4.78, 5) is 29.0. The molecule has 0 spiro atoms. The largest absolute Gasteiger partial charge is 0.475 e. The van der Waals surface area contributed by atoms with Crippen molar-refractivity contribution in [2.24, 2.45) is 4.99 Å². The molecule has 0 bridgehead atoms. The van der Waals surface area contributed by atoms with E-state index in [2.05, 4.69) is 26.2 Å². The Balaban J connectivity index is 1.79. The summed E-state index contributed by atoms with van der Waals surface area (Å²) in [6, 6.07) is 13.9. The number of rotatable bonds is 5. The van der Waals surface area contributed by atoms with Crippen LogP contribution in [-0.2, 0) is 14.3 Å². The van der Waals surface area contributed by atoms with Crippen LogP contribution in [0.1, 0.15) is 0 Å². The Morgan fingerprint density at radius 2 is 1.89 bits per heavy atom. The molecule has 1 aliphatic heterocycles. The third-order valence-electron chi connectivity index (χ3n) is 3.52. The lowest BCUT2D eigenvalue weighted by atomic mass is 10.3. The van der Waals surface area contributed by atoms with Crippen molar-refractivity contribution < 1.29 is 19.1 Å². The van der Waals surface area contributed by atoms with Crippen molar-refractivity contribution in [2.75, 3.05) is 7.11 Å². The molecule has 2 aromatic rings. The predicted molar refractivity (Wildman–Crippen MR) is 113 cm³/mol. The van der Waals surface area contributed by atoms with Gasteiger partial charge >= 0.3 is 5.97 Å². The summed E-state index contributed by atoms with van der Waals surface area (Å²) in [6.07, 6.45) is 0.340. The molecule has 144 valence electrons. The molecular formula is C19H14BrClN2O4S. The fourth-order valence-electron chi connectivity index (χ4n) is 2.19. The van der Waals surface area contributed by atoms with Crippen molar-refractivity contribution in [2.45, 2.75) is 6.10 Å². The molecule has 1 heterocycles. The van der Waals surface area contributed by atoms with Crippen LogP contribution in [0.15, 0.2) is 69.0 Å². The Bertz CT molecular complexity index is 945. The average molecular weight is 482 g/mol. The van der Waals surface area contributed by atoms with Gasteiger partial charge in [0.1, 0.15) is 5.75 Å². The van der Waals surface area contributed by atoms with Crippen LogP contribution in [0.25, 0.3) is 0 Å². The number of halogens is 2. The number of esters is 1. The number of methoxy groups -OCH3 is 1. The SMILES string of the molecule is COC(=O)C(C=C1SC(=Nc2ccc(Cl)cc2)NC1=O)Oc1ccc(Br)cc1. The van der Waals surface area contributed by atoms with Gasteiger partial charge in [0.2, 0.25) is 6.10 Å². The van der Waals surface area contributed by atoms with Gasteiger partial charge in [0, 0.05) is 9.50 Å². The average Bonchev–Trinajstić information content (AvgIpc) is 3.03. The molecule has 1 amide bonds. The van der Waals surface area contributed by atoms with E-state index in [1.807, 2.05) is 0 Å². The van der Waals surface area contributed by atoms with Gasteiger partial charge in [-0.15, -0.1) is 0 Å². The number of ether oxygens (including phenoxy) is 2. The minimum atomic E-state index is -1.07. The first-order chi connectivity index (χ1) is 13.4. The van der Waals surface area contributed by atoms with E-state index >= 15 is 0 Å². The standard InChI is InChI=1S/C19H14BrClN2O4S/c1-26-18(25)15(27-14-8-2-11(20)3-9-14)10-16-17(24)23-19(28-16)22-13-6-4-12(21)5-7-13/h2-10,15H,1H3,(H,22,23,24). The van der Waals surface area contributed by atoms with Crippen LogP contribution in [0, 0.1) is 0 Å². The zero-order chi connectivity index (χ0) is 20.1. The molecule has 2 aromatic carbocycles. The van der Waals surface area contributed by atoms with E-state index < -0.39 is 12.1 Å². The van der Waals surface area contributed by atoms with Gasteiger partial charge in [-0.05, 0) is 66.4 Å². The van der Waals surface area contributed by atoms with E-state index in [1.165, 1.54) is 13.2 Å². The molecule has 1 atom stereocenters. The Hall–Kier alpha value is -2.29. The van der Waals surface area contributed by atoms with Crippen molar-refractivity contribution in [3.05, 3.63) is 69.0 Å². The number of amides is 1. The number of carbonyl (C=O) groups is 2. The van der Waals surface area contributed by atoms with Crippen molar-refractivity contribution in [3.8, 4) is 5.75 Å². The van der Waals surface area contributed by atoms with Gasteiger partial charge in [-0.3, -0.25) is 4.79 Å². The molecule has 6 nitrogen and oxygen atoms in total. The first-order valence-corrected chi connectivity index (χ1v) is 9.98. The van der Waals surface area contributed by atoms with Crippen LogP contribution in [-0.4, -0.2) is 30.3 Å². The lowest BCUT2D eigenvalue weighted by molar-refractivity contribution is -0.146. The van der Waals surface area contributed by atoms with Crippen LogP contribution in [0.5, 0.6) is 5.75 Å². The number of hydrogen-bond acceptors (Lipinski definition) is 6. The molecule has 1 saturated heterocycles. The van der Waals surface area contributed by atoms with Crippen molar-refractivity contribution in [1.82, 2.24) is 5.32 Å². The van der Waals surface area contributed by atoms with Crippen LogP contribution < -0.4 is 10.1 Å². The highest BCUT2D eigenvalue weighted by Gasteiger charge is 2.28. The second-order valence-corrected chi connectivity index (χ2v) is 7.88. The zero-order valence-electron chi connectivity index (χ0n) is 14.5. The van der Waals surface area contributed by atoms with E-state index in [9.17, 15) is 9.59 Å². The highest BCUT2D eigenvalue weighted by molar-refractivity contribution is 9.10. The zero-order valence-corrected chi connectivity index (χ0v) is 17.7. The first-order valence-electron chi connectivity index (χ1n) is 8.00. The molecule has 0 radical (unpaired) electrons. The van der Waals surface area contributed by atoms with Crippen LogP contribution in [0.4, 0.5) is 5.69 Å². The van der Waals surface area contributed by atoms with Gasteiger partial charge in [-0.2, -0.15) is 0 Å². The van der Waals surface area contributed by atoms with Crippen LogP contribution >= 0.6 is 39.3 Å². The lowest BCUT2D eigenvalue weighted by Crippen LogP contribution is -2.27.